The molecule has 0 aromatic rings. The summed E-state index contributed by atoms with van der Waals surface area (Å²) in [5.41, 5.74) is 2.02. The molecule has 0 saturated heterocycles. The van der Waals surface area contributed by atoms with Crippen LogP contribution in [0.25, 0.3) is 0 Å². The Morgan fingerprint density at radius 2 is 1.83 bits per heavy atom. The van der Waals surface area contributed by atoms with Gasteiger partial charge in [0, 0.05) is 0 Å². The van der Waals surface area contributed by atoms with E-state index in [1.54, 1.807) is 0 Å². The maximum Gasteiger partial charge on any atom is 1.00 e. The number of hydrogen-bond donors (Lipinski definition) is 0. The second kappa shape index (κ2) is 5.96. The third-order valence-electron chi connectivity index (χ3n) is 0.408. The minimum atomic E-state index is -0.110. The Kier molecular flexibility index (Phi) is 9.97. The smallest absolute Gasteiger partial charge is 1.00 e. The molecule has 0 fully saturated rings. The number of hydrogen-bond acceptors (Lipinski definition) is 0. The molecule has 0 nitrogen and oxygen atoms in total. The zero-order chi connectivity index (χ0) is 4.28. The second-order valence-corrected chi connectivity index (χ2v) is 3.84. The van der Waals surface area contributed by atoms with Gasteiger partial charge < -0.3 is 1.43 Å². The summed E-state index contributed by atoms with van der Waals surface area (Å²) in [7, 11) is -0.110. The molecular formula is C4H10NaSi. The predicted molar refractivity (Wildman–Crippen MR) is 28.8 cm³/mol. The normalized spacial score (nSPS) is 7.17. The van der Waals surface area contributed by atoms with Gasteiger partial charge in [-0.25, -0.2) is 0 Å². The van der Waals surface area contributed by atoms with Gasteiger partial charge in [0.05, 0.1) is 8.80 Å². The molecule has 0 heterocycles. The summed E-state index contributed by atoms with van der Waals surface area (Å²) in [6.07, 6.45) is 0. The standard InChI is InChI=1S/C4H9Si.Na.H/c1-4-5(2)3;;/h4H,1H2,2-3H3;;/q;+1;-1. The monoisotopic (exact) mass is 109 g/mol. The van der Waals surface area contributed by atoms with Crippen LogP contribution >= 0.6 is 0 Å². The largest absolute Gasteiger partial charge is 1.00 e. The van der Waals surface area contributed by atoms with Crippen molar-refractivity contribution in [2.75, 3.05) is 0 Å². The fourth-order valence-corrected chi connectivity index (χ4v) is 0. The van der Waals surface area contributed by atoms with Gasteiger partial charge in [-0.3, -0.25) is 0 Å². The summed E-state index contributed by atoms with van der Waals surface area (Å²) in [6.45, 7) is 8.02. The zero-order valence-electron chi connectivity index (χ0n) is 5.78. The molecule has 0 N–H and O–H groups in total. The van der Waals surface area contributed by atoms with Crippen LogP contribution < -0.4 is 29.6 Å². The summed E-state index contributed by atoms with van der Waals surface area (Å²) in [6, 6.07) is 0. The van der Waals surface area contributed by atoms with Gasteiger partial charge in [-0.15, -0.1) is 12.3 Å². The van der Waals surface area contributed by atoms with E-state index in [0.717, 1.165) is 0 Å². The molecular weight excluding hydrogens is 99.1 g/mol. The Morgan fingerprint density at radius 3 is 1.83 bits per heavy atom. The summed E-state index contributed by atoms with van der Waals surface area (Å²) in [5, 5.41) is 0. The summed E-state index contributed by atoms with van der Waals surface area (Å²) >= 11 is 0. The van der Waals surface area contributed by atoms with Crippen molar-refractivity contribution in [3.63, 3.8) is 0 Å². The van der Waals surface area contributed by atoms with E-state index in [0.29, 0.717) is 0 Å². The van der Waals surface area contributed by atoms with Crippen molar-refractivity contribution in [3.8, 4) is 0 Å². The first-order valence-electron chi connectivity index (χ1n) is 1.70. The van der Waals surface area contributed by atoms with Crippen LogP contribution in [0, 0.1) is 0 Å². The van der Waals surface area contributed by atoms with E-state index in [1.807, 2.05) is 5.70 Å². The topological polar surface area (TPSA) is 0 Å². The van der Waals surface area contributed by atoms with E-state index in [2.05, 4.69) is 19.7 Å². The van der Waals surface area contributed by atoms with Gasteiger partial charge in [0.1, 0.15) is 0 Å². The fraction of sp³-hybridized carbons (Fsp3) is 0.500. The van der Waals surface area contributed by atoms with Crippen LogP contribution in [-0.4, -0.2) is 8.80 Å². The zero-order valence-corrected chi connectivity index (χ0v) is 7.78. The van der Waals surface area contributed by atoms with Gasteiger partial charge in [-0.05, 0) is 0 Å². The van der Waals surface area contributed by atoms with Crippen molar-refractivity contribution in [1.82, 2.24) is 0 Å². The van der Waals surface area contributed by atoms with Crippen molar-refractivity contribution < 1.29 is 31.0 Å². The second-order valence-electron chi connectivity index (χ2n) is 1.28. The van der Waals surface area contributed by atoms with E-state index in [1.165, 1.54) is 0 Å². The average molecular weight is 109 g/mol. The maximum absolute atomic E-state index is 3.61. The van der Waals surface area contributed by atoms with E-state index >= 15 is 0 Å². The Labute approximate surface area is 65.0 Å². The molecule has 0 rings (SSSR count). The Hall–Kier alpha value is 0.957. The average Bonchev–Trinajstić information content (AvgIpc) is 1.38. The van der Waals surface area contributed by atoms with E-state index in [4.69, 9.17) is 0 Å². The van der Waals surface area contributed by atoms with Gasteiger partial charge >= 0.3 is 29.6 Å². The Bertz CT molecular complexity index is 38.7. The summed E-state index contributed by atoms with van der Waals surface area (Å²) < 4.78 is 0. The molecule has 0 aromatic carbocycles. The third kappa shape index (κ3) is 8.88. The molecule has 0 aliphatic heterocycles. The molecule has 0 amide bonds. The molecule has 0 unspecified atom stereocenters. The summed E-state index contributed by atoms with van der Waals surface area (Å²) in [5.74, 6) is 0. The molecule has 0 bridgehead atoms. The maximum atomic E-state index is 3.61. The van der Waals surface area contributed by atoms with Crippen LogP contribution in [0.4, 0.5) is 0 Å². The third-order valence-corrected chi connectivity index (χ3v) is 1.22. The molecule has 1 radical (unpaired) electrons. The van der Waals surface area contributed by atoms with Crippen LogP contribution in [-0.2, 0) is 0 Å². The van der Waals surface area contributed by atoms with Crippen molar-refractivity contribution >= 4 is 8.80 Å². The van der Waals surface area contributed by atoms with Gasteiger partial charge in [0.25, 0.3) is 0 Å². The van der Waals surface area contributed by atoms with Crippen LogP contribution in [0.5, 0.6) is 0 Å². The first-order valence-corrected chi connectivity index (χ1v) is 4.27. The molecule has 31 valence electrons. The molecule has 6 heavy (non-hydrogen) atoms. The molecule has 0 atom stereocenters. The van der Waals surface area contributed by atoms with Crippen LogP contribution in [0.3, 0.4) is 0 Å². The molecule has 0 spiro atoms. The first kappa shape index (κ1) is 10.0. The number of rotatable bonds is 1. The van der Waals surface area contributed by atoms with Crippen molar-refractivity contribution in [2.24, 2.45) is 0 Å². The first-order chi connectivity index (χ1) is 2.27. The molecule has 0 aliphatic rings. The van der Waals surface area contributed by atoms with Gasteiger partial charge in [0.2, 0.25) is 0 Å². The van der Waals surface area contributed by atoms with Crippen LogP contribution in [0.1, 0.15) is 1.43 Å². The molecule has 2 heteroatoms. The molecule has 0 saturated carbocycles. The molecule has 0 aliphatic carbocycles. The van der Waals surface area contributed by atoms with Gasteiger partial charge in [-0.2, -0.15) is 0 Å². The summed E-state index contributed by atoms with van der Waals surface area (Å²) in [4.78, 5) is 0. The minimum absolute atomic E-state index is 0. The van der Waals surface area contributed by atoms with Crippen LogP contribution in [0.15, 0.2) is 12.3 Å². The fourth-order valence-electron chi connectivity index (χ4n) is 0. The SMILES string of the molecule is C=C[Si](C)C.[H-].[Na+]. The predicted octanol–water partition coefficient (Wildman–Crippen LogP) is -1.42. The van der Waals surface area contributed by atoms with Crippen molar-refractivity contribution in [3.05, 3.63) is 12.3 Å². The van der Waals surface area contributed by atoms with Crippen LogP contribution in [0.2, 0.25) is 13.1 Å². The minimum Gasteiger partial charge on any atom is -1.00 e. The van der Waals surface area contributed by atoms with Gasteiger partial charge in [0.15, 0.2) is 0 Å². The van der Waals surface area contributed by atoms with E-state index in [-0.39, 0.29) is 39.8 Å². The van der Waals surface area contributed by atoms with Gasteiger partial charge in [-0.1, -0.05) is 13.1 Å². The van der Waals surface area contributed by atoms with E-state index < -0.39 is 0 Å². The Morgan fingerprint density at radius 1 is 1.67 bits per heavy atom. The quantitative estimate of drug-likeness (QED) is 0.363. The van der Waals surface area contributed by atoms with Crippen molar-refractivity contribution in [1.29, 1.82) is 0 Å². The Balaban J connectivity index is -0.0000000800. The molecule has 0 aromatic heterocycles. The van der Waals surface area contributed by atoms with E-state index in [9.17, 15) is 0 Å². The van der Waals surface area contributed by atoms with Crippen molar-refractivity contribution in [2.45, 2.75) is 13.1 Å².